The third kappa shape index (κ3) is 20.6. The zero-order chi connectivity index (χ0) is 29.6. The summed E-state index contributed by atoms with van der Waals surface area (Å²) in [6.45, 7) is 6.48. The second-order valence-electron chi connectivity index (χ2n) is 7.99. The van der Waals surface area contributed by atoms with Gasteiger partial charge in [-0.05, 0) is 12.8 Å². The second kappa shape index (κ2) is 10.2. The third-order valence-electron chi connectivity index (χ3n) is 4.09. The molecule has 0 amide bonds. The molecule has 222 valence electrons. The molecule has 3 rings (SSSR count). The van der Waals surface area contributed by atoms with Crippen LogP contribution < -0.4 is 9.13 Å². The van der Waals surface area contributed by atoms with Gasteiger partial charge < -0.3 is 0 Å². The van der Waals surface area contributed by atoms with Crippen LogP contribution in [0, 0.1) is 0 Å². The van der Waals surface area contributed by atoms with Gasteiger partial charge in [-0.15, -0.1) is 10.2 Å². The van der Waals surface area contributed by atoms with Crippen LogP contribution in [0.2, 0.25) is 0 Å². The van der Waals surface area contributed by atoms with E-state index >= 15 is 0 Å². The molecule has 38 heavy (non-hydrogen) atoms. The molecule has 0 aliphatic heterocycles. The van der Waals surface area contributed by atoms with Gasteiger partial charge in [0.25, 0.3) is 0 Å². The zero-order valence-electron chi connectivity index (χ0n) is 20.0. The van der Waals surface area contributed by atoms with E-state index < -0.39 is 15.6 Å². The van der Waals surface area contributed by atoms with Gasteiger partial charge in [0, 0.05) is 12.1 Å². The summed E-state index contributed by atoms with van der Waals surface area (Å²) in [6, 6.07) is 4.01. The average molecular weight is 616 g/mol. The second-order valence-corrected chi connectivity index (χ2v) is 11.8. The number of hydrogen-bond donors (Lipinski definition) is 0. The van der Waals surface area contributed by atoms with E-state index in [0.717, 1.165) is 24.7 Å². The minimum atomic E-state index is -10.7. The van der Waals surface area contributed by atoms with Gasteiger partial charge >= 0.3 is 66.0 Å². The normalized spacial score (nSPS) is 15.5. The fraction of sp³-hybridized carbons (Fsp3) is 0.444. The first-order valence-electron chi connectivity index (χ1n) is 10.8. The van der Waals surface area contributed by atoms with Crippen LogP contribution in [0.3, 0.4) is 0 Å². The van der Waals surface area contributed by atoms with E-state index in [-0.39, 0.29) is 0 Å². The molecule has 0 unspecified atom stereocenters. The number of rotatable bonds is 8. The Morgan fingerprint density at radius 3 is 1.13 bits per heavy atom. The topological polar surface area (TPSA) is 43.4 Å². The fourth-order valence-corrected chi connectivity index (χ4v) is 2.60. The molecule has 0 radical (unpaired) electrons. The molecule has 3 aromatic rings. The summed E-state index contributed by atoms with van der Waals surface area (Å²) >= 11 is 0. The molecule has 0 aliphatic carbocycles. The molecular weight excluding hydrogens is 590 g/mol. The van der Waals surface area contributed by atoms with Crippen LogP contribution >= 0.6 is 15.6 Å². The molecule has 0 atom stereocenters. The van der Waals surface area contributed by atoms with Crippen molar-refractivity contribution < 1.29 is 59.5 Å². The first-order chi connectivity index (χ1) is 16.7. The third-order valence-corrected chi connectivity index (χ3v) is 4.09. The van der Waals surface area contributed by atoms with Crippen molar-refractivity contribution in [3.63, 3.8) is 0 Å². The minimum absolute atomic E-state index is 0.833. The summed E-state index contributed by atoms with van der Waals surface area (Å²) in [6.07, 6.45) is 17.1. The van der Waals surface area contributed by atoms with E-state index in [1.807, 2.05) is 33.7 Å². The molecule has 3 heterocycles. The van der Waals surface area contributed by atoms with E-state index in [0.29, 0.717) is 0 Å². The number of unbranched alkanes of at least 4 members (excludes halogenated alkanes) is 2. The molecule has 0 saturated heterocycles. The predicted molar refractivity (Wildman–Crippen MR) is 118 cm³/mol. The summed E-state index contributed by atoms with van der Waals surface area (Å²) < 4.78 is 127. The number of hydrogen-bond acceptors (Lipinski definition) is 2. The molecule has 20 heteroatoms. The molecule has 0 N–H and O–H groups in total. The quantitative estimate of drug-likeness (QED) is 0.144. The van der Waals surface area contributed by atoms with Gasteiger partial charge in [0.1, 0.15) is 24.8 Å². The van der Waals surface area contributed by atoms with Crippen molar-refractivity contribution in [3.8, 4) is 11.6 Å². The van der Waals surface area contributed by atoms with Gasteiger partial charge in [-0.2, -0.15) is 9.13 Å². The molecular formula is C18H26F12N6P2. The van der Waals surface area contributed by atoms with E-state index in [1.165, 1.54) is 25.7 Å². The van der Waals surface area contributed by atoms with Crippen molar-refractivity contribution in [3.05, 3.63) is 49.6 Å². The van der Waals surface area contributed by atoms with Crippen LogP contribution in [0.4, 0.5) is 50.4 Å². The maximum absolute atomic E-state index is 10.7. The van der Waals surface area contributed by atoms with Crippen molar-refractivity contribution >= 4 is 15.6 Å². The summed E-state index contributed by atoms with van der Waals surface area (Å²) in [4.78, 5) is 0. The summed E-state index contributed by atoms with van der Waals surface area (Å²) in [7, 11) is -21.3. The number of imidazole rings is 2. The van der Waals surface area contributed by atoms with Crippen molar-refractivity contribution in [1.29, 1.82) is 0 Å². The molecule has 0 fully saturated rings. The number of aryl methyl sites for hydroxylation is 2. The van der Waals surface area contributed by atoms with Crippen LogP contribution in [-0.2, 0) is 13.1 Å². The fourth-order valence-electron chi connectivity index (χ4n) is 2.60. The van der Waals surface area contributed by atoms with E-state index in [9.17, 15) is 50.4 Å². The Hall–Kier alpha value is -2.48. The Labute approximate surface area is 209 Å². The van der Waals surface area contributed by atoms with Crippen molar-refractivity contribution in [2.45, 2.75) is 52.6 Å². The molecule has 0 aromatic carbocycles. The Kier molecular flexibility index (Phi) is 9.05. The van der Waals surface area contributed by atoms with Crippen LogP contribution in [0.1, 0.15) is 39.5 Å². The Morgan fingerprint density at radius 2 is 0.895 bits per heavy atom. The van der Waals surface area contributed by atoms with E-state index in [4.69, 9.17) is 0 Å². The van der Waals surface area contributed by atoms with E-state index in [1.54, 1.807) is 0 Å². The summed E-state index contributed by atoms with van der Waals surface area (Å²) in [5.74, 6) is 1.67. The zero-order valence-corrected chi connectivity index (χ0v) is 21.8. The standard InChI is InChI=1S/C18H26N6.2F6P/c1-3-5-9-21-11-13-23(15-21)17-7-8-18(20-19-17)24-14-12-22(16-24)10-6-4-2;2*1-7(2,3,4,5)6/h7-8,11-16H,3-6,9-10H2,1-2H3;;/q+2;2*-1. The summed E-state index contributed by atoms with van der Waals surface area (Å²) in [5, 5.41) is 8.72. The maximum atomic E-state index is 9.87. The first-order valence-corrected chi connectivity index (χ1v) is 14.9. The number of nitrogens with zero attached hydrogens (tertiary/aromatic N) is 6. The van der Waals surface area contributed by atoms with Gasteiger partial charge in [0.15, 0.2) is 0 Å². The number of halogens is 12. The molecule has 0 aliphatic rings. The molecule has 0 bridgehead atoms. The van der Waals surface area contributed by atoms with Crippen LogP contribution in [0.5, 0.6) is 0 Å². The Bertz CT molecular complexity index is 1050. The predicted octanol–water partition coefficient (Wildman–Crippen LogP) is 9.00. The van der Waals surface area contributed by atoms with Gasteiger partial charge in [-0.3, -0.25) is 0 Å². The van der Waals surface area contributed by atoms with Gasteiger partial charge in [0.05, 0.1) is 13.1 Å². The van der Waals surface area contributed by atoms with Gasteiger partial charge in [0.2, 0.25) is 24.3 Å². The molecule has 0 saturated carbocycles. The van der Waals surface area contributed by atoms with Crippen LogP contribution in [0.15, 0.2) is 49.6 Å². The average Bonchev–Trinajstić information content (AvgIpc) is 3.36. The Morgan fingerprint density at radius 1 is 0.605 bits per heavy atom. The SMILES string of the molecule is CCCC[n+]1ccn(-c2ccc(-n3cc[n+](CCCC)c3)nn2)c1.F[P-](F)(F)(F)(F)F.F[P-](F)(F)(F)(F)F. The van der Waals surface area contributed by atoms with Crippen molar-refractivity contribution in [2.75, 3.05) is 0 Å². The van der Waals surface area contributed by atoms with Crippen LogP contribution in [0.25, 0.3) is 11.6 Å². The molecule has 6 nitrogen and oxygen atoms in total. The summed E-state index contributed by atoms with van der Waals surface area (Å²) in [5.41, 5.74) is 0. The van der Waals surface area contributed by atoms with Crippen molar-refractivity contribution in [2.24, 2.45) is 0 Å². The monoisotopic (exact) mass is 616 g/mol. The first kappa shape index (κ1) is 33.5. The van der Waals surface area contributed by atoms with Crippen LogP contribution in [-0.4, -0.2) is 19.3 Å². The van der Waals surface area contributed by atoms with Crippen molar-refractivity contribution in [1.82, 2.24) is 19.3 Å². The molecule has 3 aromatic heterocycles. The number of aromatic nitrogens is 6. The van der Waals surface area contributed by atoms with Gasteiger partial charge in [-0.1, -0.05) is 26.7 Å². The molecule has 0 spiro atoms. The van der Waals surface area contributed by atoms with E-state index in [2.05, 4.69) is 58.2 Å². The Balaban J connectivity index is 0.000000426. The van der Waals surface area contributed by atoms with Gasteiger partial charge in [-0.25, -0.2) is 9.13 Å².